The Kier molecular flexibility index (Phi) is 7.70. The van der Waals surface area contributed by atoms with E-state index in [1.54, 1.807) is 23.0 Å². The van der Waals surface area contributed by atoms with E-state index in [-0.39, 0.29) is 5.78 Å². The van der Waals surface area contributed by atoms with Crippen LogP contribution in [0.15, 0.2) is 41.2 Å². The molecule has 2 aromatic rings. The van der Waals surface area contributed by atoms with Crippen molar-refractivity contribution in [3.05, 3.63) is 52.5 Å². The summed E-state index contributed by atoms with van der Waals surface area (Å²) in [6, 6.07) is 9.17. The number of benzene rings is 1. The number of hydrogen-bond donors (Lipinski definition) is 1. The number of nitrogens with zero attached hydrogens (tertiary/aromatic N) is 1. The second-order valence-corrected chi connectivity index (χ2v) is 4.74. The van der Waals surface area contributed by atoms with Crippen LogP contribution in [0.2, 0.25) is 0 Å². The highest BCUT2D eigenvalue weighted by Gasteiger charge is 2.09. The molecule has 0 aliphatic carbocycles. The summed E-state index contributed by atoms with van der Waals surface area (Å²) < 4.78 is 0. The Bertz CT molecular complexity index is 450. The Morgan fingerprint density at radius 2 is 2.05 bits per heavy atom. The van der Waals surface area contributed by atoms with Crippen molar-refractivity contribution < 1.29 is 4.79 Å². The minimum atomic E-state index is -0.0122. The fourth-order valence-electron chi connectivity index (χ4n) is 1.42. The zero-order valence-corrected chi connectivity index (χ0v) is 12.2. The maximum Gasteiger partial charge on any atom is 0.212 e. The summed E-state index contributed by atoms with van der Waals surface area (Å²) in [5.41, 5.74) is 2.88. The molecule has 0 amide bonds. The lowest BCUT2D eigenvalue weighted by Crippen LogP contribution is -2.06. The first kappa shape index (κ1) is 15.5. The van der Waals surface area contributed by atoms with E-state index in [0.29, 0.717) is 11.3 Å². The molecule has 0 spiro atoms. The first-order chi connectivity index (χ1) is 9.29. The molecule has 0 bridgehead atoms. The van der Waals surface area contributed by atoms with Gasteiger partial charge in [0.05, 0.1) is 5.51 Å². The SMILES string of the molecule is CCCCNC.O=C(c1ccccc1)c1cscn1. The summed E-state index contributed by atoms with van der Waals surface area (Å²) in [6.45, 7) is 3.36. The van der Waals surface area contributed by atoms with Crippen LogP contribution < -0.4 is 5.32 Å². The van der Waals surface area contributed by atoms with Crippen LogP contribution >= 0.6 is 11.3 Å². The van der Waals surface area contributed by atoms with Crippen LogP contribution in [-0.2, 0) is 0 Å². The molecule has 1 aromatic heterocycles. The summed E-state index contributed by atoms with van der Waals surface area (Å²) in [5, 5.41) is 4.83. The number of unbranched alkanes of at least 4 members (excludes halogenated alkanes) is 1. The van der Waals surface area contributed by atoms with Crippen LogP contribution in [0.4, 0.5) is 0 Å². The zero-order valence-electron chi connectivity index (χ0n) is 11.4. The average molecular weight is 276 g/mol. The van der Waals surface area contributed by atoms with Crippen molar-refractivity contribution in [1.29, 1.82) is 0 Å². The highest BCUT2D eigenvalue weighted by atomic mass is 32.1. The first-order valence-electron chi connectivity index (χ1n) is 6.42. The van der Waals surface area contributed by atoms with Crippen LogP contribution in [0, 0.1) is 0 Å². The lowest BCUT2D eigenvalue weighted by atomic mass is 10.1. The molecule has 0 saturated carbocycles. The van der Waals surface area contributed by atoms with Gasteiger partial charge in [0.15, 0.2) is 0 Å². The Hall–Kier alpha value is -1.52. The molecule has 19 heavy (non-hydrogen) atoms. The normalized spacial score (nSPS) is 9.58. The molecule has 2 rings (SSSR count). The quantitative estimate of drug-likeness (QED) is 0.672. The maximum absolute atomic E-state index is 11.7. The van der Waals surface area contributed by atoms with Gasteiger partial charge in [-0.25, -0.2) is 4.98 Å². The predicted molar refractivity (Wildman–Crippen MR) is 80.8 cm³/mol. The summed E-state index contributed by atoms with van der Waals surface area (Å²) >= 11 is 1.43. The van der Waals surface area contributed by atoms with Crippen molar-refractivity contribution in [1.82, 2.24) is 10.3 Å². The van der Waals surface area contributed by atoms with Gasteiger partial charge in [-0.15, -0.1) is 11.3 Å². The third-order valence-corrected chi connectivity index (χ3v) is 3.07. The van der Waals surface area contributed by atoms with Crippen molar-refractivity contribution in [2.75, 3.05) is 13.6 Å². The van der Waals surface area contributed by atoms with Crippen LogP contribution in [-0.4, -0.2) is 24.4 Å². The van der Waals surface area contributed by atoms with Crippen molar-refractivity contribution >= 4 is 17.1 Å². The molecule has 0 fully saturated rings. The minimum Gasteiger partial charge on any atom is -0.320 e. The molecule has 1 aromatic carbocycles. The van der Waals surface area contributed by atoms with E-state index < -0.39 is 0 Å². The molecular formula is C15H20N2OS. The summed E-state index contributed by atoms with van der Waals surface area (Å²) in [6.07, 6.45) is 2.59. The summed E-state index contributed by atoms with van der Waals surface area (Å²) in [7, 11) is 1.98. The molecule has 4 heteroatoms. The monoisotopic (exact) mass is 276 g/mol. The molecular weight excluding hydrogens is 256 g/mol. The standard InChI is InChI=1S/C10H7NOS.C5H13N/c12-10(9-6-13-7-11-9)8-4-2-1-3-5-8;1-3-4-5-6-2/h1-7H;6H,3-5H2,1-2H3. The van der Waals surface area contributed by atoms with Gasteiger partial charge in [-0.05, 0) is 20.0 Å². The molecule has 3 nitrogen and oxygen atoms in total. The number of rotatable bonds is 5. The van der Waals surface area contributed by atoms with Crippen LogP contribution in [0.25, 0.3) is 0 Å². The second kappa shape index (κ2) is 9.42. The van der Waals surface area contributed by atoms with Gasteiger partial charge in [0, 0.05) is 10.9 Å². The molecule has 0 radical (unpaired) electrons. The van der Waals surface area contributed by atoms with Gasteiger partial charge in [0.25, 0.3) is 0 Å². The van der Waals surface area contributed by atoms with Gasteiger partial charge in [-0.2, -0.15) is 0 Å². The predicted octanol–water partition coefficient (Wildman–Crippen LogP) is 3.38. The Morgan fingerprint density at radius 3 is 2.53 bits per heavy atom. The number of carbonyl (C=O) groups is 1. The Labute approximate surface area is 118 Å². The molecule has 102 valence electrons. The van der Waals surface area contributed by atoms with E-state index in [1.165, 1.54) is 24.2 Å². The van der Waals surface area contributed by atoms with Crippen molar-refractivity contribution in [2.45, 2.75) is 19.8 Å². The maximum atomic E-state index is 11.7. The highest BCUT2D eigenvalue weighted by Crippen LogP contribution is 2.09. The van der Waals surface area contributed by atoms with Crippen molar-refractivity contribution in [2.24, 2.45) is 0 Å². The third-order valence-electron chi connectivity index (χ3n) is 2.48. The molecule has 0 saturated heterocycles. The number of aromatic nitrogens is 1. The van der Waals surface area contributed by atoms with E-state index in [1.807, 2.05) is 25.2 Å². The smallest absolute Gasteiger partial charge is 0.212 e. The molecule has 1 N–H and O–H groups in total. The molecule has 0 aliphatic heterocycles. The van der Waals surface area contributed by atoms with E-state index in [2.05, 4.69) is 17.2 Å². The number of ketones is 1. The first-order valence-corrected chi connectivity index (χ1v) is 7.36. The van der Waals surface area contributed by atoms with Gasteiger partial charge < -0.3 is 5.32 Å². The Morgan fingerprint density at radius 1 is 1.32 bits per heavy atom. The van der Waals surface area contributed by atoms with Gasteiger partial charge >= 0.3 is 0 Å². The fourth-order valence-corrected chi connectivity index (χ4v) is 1.95. The lowest BCUT2D eigenvalue weighted by Gasteiger charge is -1.94. The zero-order chi connectivity index (χ0) is 13.9. The number of thiazole rings is 1. The molecule has 0 atom stereocenters. The molecule has 1 heterocycles. The largest absolute Gasteiger partial charge is 0.320 e. The van der Waals surface area contributed by atoms with Crippen LogP contribution in [0.5, 0.6) is 0 Å². The number of carbonyl (C=O) groups excluding carboxylic acids is 1. The highest BCUT2D eigenvalue weighted by molar-refractivity contribution is 7.07. The van der Waals surface area contributed by atoms with E-state index in [9.17, 15) is 4.79 Å². The van der Waals surface area contributed by atoms with Crippen LogP contribution in [0.3, 0.4) is 0 Å². The second-order valence-electron chi connectivity index (χ2n) is 4.03. The van der Waals surface area contributed by atoms with E-state index in [0.717, 1.165) is 6.54 Å². The van der Waals surface area contributed by atoms with Crippen molar-refractivity contribution in [3.63, 3.8) is 0 Å². The summed E-state index contributed by atoms with van der Waals surface area (Å²) in [4.78, 5) is 15.6. The van der Waals surface area contributed by atoms with E-state index >= 15 is 0 Å². The minimum absolute atomic E-state index is 0.0122. The van der Waals surface area contributed by atoms with Crippen LogP contribution in [0.1, 0.15) is 35.8 Å². The number of hydrogen-bond acceptors (Lipinski definition) is 4. The Balaban J connectivity index is 0.000000258. The fraction of sp³-hybridized carbons (Fsp3) is 0.333. The van der Waals surface area contributed by atoms with Crippen molar-refractivity contribution in [3.8, 4) is 0 Å². The molecule has 0 unspecified atom stereocenters. The summed E-state index contributed by atoms with van der Waals surface area (Å²) in [5.74, 6) is -0.0122. The van der Waals surface area contributed by atoms with Gasteiger partial charge in [0.2, 0.25) is 5.78 Å². The average Bonchev–Trinajstić information content (AvgIpc) is 3.00. The van der Waals surface area contributed by atoms with Gasteiger partial charge in [-0.3, -0.25) is 4.79 Å². The molecule has 0 aliphatic rings. The third kappa shape index (κ3) is 5.77. The lowest BCUT2D eigenvalue weighted by molar-refractivity contribution is 0.103. The number of nitrogens with one attached hydrogen (secondary N) is 1. The van der Waals surface area contributed by atoms with Gasteiger partial charge in [0.1, 0.15) is 5.69 Å². The van der Waals surface area contributed by atoms with E-state index in [4.69, 9.17) is 0 Å². The van der Waals surface area contributed by atoms with Gasteiger partial charge in [-0.1, -0.05) is 43.7 Å². The topological polar surface area (TPSA) is 42.0 Å².